The van der Waals surface area contributed by atoms with Crippen molar-refractivity contribution in [1.82, 2.24) is 15.0 Å². The highest BCUT2D eigenvalue weighted by Gasteiger charge is 2.48. The fraction of sp³-hybridized carbons (Fsp3) is 0.0455. The molecule has 10 aromatic rings. The molecule has 0 unspecified atom stereocenters. The van der Waals surface area contributed by atoms with E-state index in [1.807, 2.05) is 19.1 Å². The summed E-state index contributed by atoms with van der Waals surface area (Å²) < 4.78 is 0. The van der Waals surface area contributed by atoms with Crippen LogP contribution in [0.1, 0.15) is 34.7 Å². The average molecular weight is 882 g/mol. The standard InChI is InChI=1S/C66H47N3/c1-3-5-21-44(4-2)49-37-50(45-22-9-6-10-23-45)40-53(39-49)64-67-63(68-65(69-64)54-41-51(46-24-11-7-12-25-46)38-52(42-54)47-26-13-8-14-27-47)48-34-35-56-55(36-48)43-66(60-31-18-15-28-57(56)60)61-32-19-16-29-58(61)59-30-17-20-33-62(59)66/h3-42H,2,43H2,1H3/b5-3-,44-21+. The fourth-order valence-corrected chi connectivity index (χ4v) is 10.7. The van der Waals surface area contributed by atoms with Crippen LogP contribution in [0.5, 0.6) is 0 Å². The summed E-state index contributed by atoms with van der Waals surface area (Å²) in [6.07, 6.45) is 8.90. The minimum absolute atomic E-state index is 0.353. The first-order valence-corrected chi connectivity index (χ1v) is 23.7. The molecule has 3 nitrogen and oxygen atoms in total. The number of allylic oxidation sites excluding steroid dienone is 5. The molecule has 9 aromatic carbocycles. The Hall–Kier alpha value is -8.79. The molecule has 0 amide bonds. The van der Waals surface area contributed by atoms with Crippen LogP contribution < -0.4 is 0 Å². The van der Waals surface area contributed by atoms with Crippen LogP contribution in [0.3, 0.4) is 0 Å². The van der Waals surface area contributed by atoms with Crippen molar-refractivity contribution < 1.29 is 0 Å². The SMILES string of the molecule is C=C/C(=C\C=C/C)c1cc(-c2ccccc2)cc(-c2nc(-c3cc(-c4ccccc4)cc(-c4ccccc4)c3)nc(-c3ccc4c(c3)CC3(c5ccccc5-4)c4ccccc4-c4ccccc43)n2)c1. The van der Waals surface area contributed by atoms with Crippen LogP contribution in [0.25, 0.3) is 95.4 Å². The van der Waals surface area contributed by atoms with Crippen molar-refractivity contribution in [3.8, 4) is 89.8 Å². The normalized spacial score (nSPS) is 13.1. The van der Waals surface area contributed by atoms with Crippen LogP contribution in [0.4, 0.5) is 0 Å². The average Bonchev–Trinajstić information content (AvgIpc) is 3.70. The van der Waals surface area contributed by atoms with Crippen molar-refractivity contribution in [2.75, 3.05) is 0 Å². The third kappa shape index (κ3) is 7.37. The monoisotopic (exact) mass is 881 g/mol. The van der Waals surface area contributed by atoms with Gasteiger partial charge in [-0.3, -0.25) is 0 Å². The summed E-state index contributed by atoms with van der Waals surface area (Å²) in [6, 6.07) is 78.7. The first-order chi connectivity index (χ1) is 34.1. The van der Waals surface area contributed by atoms with Crippen LogP contribution in [0, 0.1) is 0 Å². The van der Waals surface area contributed by atoms with E-state index < -0.39 is 0 Å². The van der Waals surface area contributed by atoms with E-state index in [1.165, 1.54) is 44.5 Å². The minimum atomic E-state index is -0.353. The lowest BCUT2D eigenvalue weighted by Gasteiger charge is -2.39. The first-order valence-electron chi connectivity index (χ1n) is 23.7. The summed E-state index contributed by atoms with van der Waals surface area (Å²) in [5.41, 5.74) is 21.4. The highest BCUT2D eigenvalue weighted by atomic mass is 15.0. The molecule has 0 saturated heterocycles. The van der Waals surface area contributed by atoms with Crippen LogP contribution in [-0.4, -0.2) is 15.0 Å². The number of nitrogens with zero attached hydrogens (tertiary/aromatic N) is 3. The van der Waals surface area contributed by atoms with Gasteiger partial charge >= 0.3 is 0 Å². The van der Waals surface area contributed by atoms with Gasteiger partial charge in [-0.2, -0.15) is 0 Å². The molecule has 2 aliphatic carbocycles. The zero-order valence-electron chi connectivity index (χ0n) is 38.3. The predicted molar refractivity (Wildman–Crippen MR) is 286 cm³/mol. The van der Waals surface area contributed by atoms with Gasteiger partial charge in [0.25, 0.3) is 0 Å². The molecule has 0 fully saturated rings. The zero-order valence-corrected chi connectivity index (χ0v) is 38.3. The number of hydrogen-bond donors (Lipinski definition) is 0. The maximum atomic E-state index is 5.46. The molecule has 326 valence electrons. The van der Waals surface area contributed by atoms with Crippen LogP contribution >= 0.6 is 0 Å². The smallest absolute Gasteiger partial charge is 0.164 e. The summed E-state index contributed by atoms with van der Waals surface area (Å²) in [5, 5.41) is 0. The molecule has 2 aliphatic rings. The molecule has 0 atom stereocenters. The van der Waals surface area contributed by atoms with Crippen molar-refractivity contribution in [3.63, 3.8) is 0 Å². The molecular formula is C66H47N3. The largest absolute Gasteiger partial charge is 0.208 e. The van der Waals surface area contributed by atoms with Gasteiger partial charge in [0.1, 0.15) is 0 Å². The second-order valence-electron chi connectivity index (χ2n) is 17.9. The van der Waals surface area contributed by atoms with Gasteiger partial charge in [0.05, 0.1) is 5.41 Å². The van der Waals surface area contributed by atoms with Crippen molar-refractivity contribution in [2.24, 2.45) is 0 Å². The number of benzene rings is 9. The van der Waals surface area contributed by atoms with E-state index in [1.54, 1.807) is 0 Å². The van der Waals surface area contributed by atoms with E-state index in [2.05, 4.69) is 237 Å². The molecule has 1 spiro atoms. The molecule has 0 bridgehead atoms. The number of aromatic nitrogens is 3. The lowest BCUT2D eigenvalue weighted by atomic mass is 9.63. The van der Waals surface area contributed by atoms with Gasteiger partial charge in [-0.15, -0.1) is 0 Å². The van der Waals surface area contributed by atoms with Crippen molar-refractivity contribution >= 4 is 5.57 Å². The topological polar surface area (TPSA) is 38.7 Å². The highest BCUT2D eigenvalue weighted by Crippen LogP contribution is 2.58. The van der Waals surface area contributed by atoms with Crippen LogP contribution in [-0.2, 0) is 11.8 Å². The Morgan fingerprint density at radius 1 is 0.406 bits per heavy atom. The molecular weight excluding hydrogens is 835 g/mol. The third-order valence-electron chi connectivity index (χ3n) is 13.9. The summed E-state index contributed by atoms with van der Waals surface area (Å²) in [6.45, 7) is 6.25. The van der Waals surface area contributed by atoms with Gasteiger partial charge in [-0.05, 0) is 145 Å². The Kier molecular flexibility index (Phi) is 10.5. The zero-order chi connectivity index (χ0) is 46.3. The van der Waals surface area contributed by atoms with E-state index >= 15 is 0 Å². The Morgan fingerprint density at radius 3 is 1.30 bits per heavy atom. The number of hydrogen-bond acceptors (Lipinski definition) is 3. The molecule has 0 saturated carbocycles. The molecule has 12 rings (SSSR count). The maximum absolute atomic E-state index is 5.46. The maximum Gasteiger partial charge on any atom is 0.164 e. The Balaban J connectivity index is 1.09. The minimum Gasteiger partial charge on any atom is -0.208 e. The summed E-state index contributed by atoms with van der Waals surface area (Å²) in [5.74, 6) is 1.81. The first kappa shape index (κ1) is 41.6. The lowest BCUT2D eigenvalue weighted by molar-refractivity contribution is 0.622. The van der Waals surface area contributed by atoms with Gasteiger partial charge in [-0.1, -0.05) is 207 Å². The third-order valence-corrected chi connectivity index (χ3v) is 13.9. The van der Waals surface area contributed by atoms with Crippen molar-refractivity contribution in [3.05, 3.63) is 277 Å². The van der Waals surface area contributed by atoms with Crippen molar-refractivity contribution in [1.29, 1.82) is 0 Å². The molecule has 69 heavy (non-hydrogen) atoms. The number of fused-ring (bicyclic) bond motifs is 9. The van der Waals surface area contributed by atoms with Gasteiger partial charge in [0.2, 0.25) is 0 Å². The van der Waals surface area contributed by atoms with E-state index in [0.717, 1.165) is 67.6 Å². The quantitative estimate of drug-likeness (QED) is 0.136. The second-order valence-corrected chi connectivity index (χ2v) is 17.9. The summed E-state index contributed by atoms with van der Waals surface area (Å²) >= 11 is 0. The lowest BCUT2D eigenvalue weighted by Crippen LogP contribution is -2.33. The van der Waals surface area contributed by atoms with Crippen molar-refractivity contribution in [2.45, 2.75) is 18.8 Å². The molecule has 1 heterocycles. The van der Waals surface area contributed by atoms with Gasteiger partial charge in [-0.25, -0.2) is 15.0 Å². The van der Waals surface area contributed by atoms with E-state index in [4.69, 9.17) is 15.0 Å². The fourth-order valence-electron chi connectivity index (χ4n) is 10.7. The van der Waals surface area contributed by atoms with E-state index in [0.29, 0.717) is 17.5 Å². The van der Waals surface area contributed by atoms with Crippen LogP contribution in [0.15, 0.2) is 249 Å². The number of rotatable bonds is 9. The van der Waals surface area contributed by atoms with Gasteiger partial charge < -0.3 is 0 Å². The van der Waals surface area contributed by atoms with E-state index in [9.17, 15) is 0 Å². The second kappa shape index (κ2) is 17.5. The molecule has 0 aliphatic heterocycles. The molecule has 0 radical (unpaired) electrons. The summed E-state index contributed by atoms with van der Waals surface area (Å²) in [4.78, 5) is 16.4. The summed E-state index contributed by atoms with van der Waals surface area (Å²) in [7, 11) is 0. The molecule has 0 N–H and O–H groups in total. The van der Waals surface area contributed by atoms with Gasteiger partial charge in [0.15, 0.2) is 17.5 Å². The Bertz CT molecular complexity index is 3560. The predicted octanol–water partition coefficient (Wildman–Crippen LogP) is 16.6. The molecule has 3 heteroatoms. The Labute approximate surface area is 404 Å². The van der Waals surface area contributed by atoms with Gasteiger partial charge in [0, 0.05) is 16.7 Å². The Morgan fingerprint density at radius 2 is 0.812 bits per heavy atom. The van der Waals surface area contributed by atoms with Crippen LogP contribution in [0.2, 0.25) is 0 Å². The highest BCUT2D eigenvalue weighted by molar-refractivity contribution is 5.90. The van der Waals surface area contributed by atoms with E-state index in [-0.39, 0.29) is 5.41 Å². The molecule has 1 aromatic heterocycles.